The summed E-state index contributed by atoms with van der Waals surface area (Å²) in [4.78, 5) is 0. The third-order valence-electron chi connectivity index (χ3n) is 4.29. The second-order valence-electron chi connectivity index (χ2n) is 6.04. The van der Waals surface area contributed by atoms with Crippen LogP contribution in [-0.4, -0.2) is 40.6 Å². The molecule has 0 N–H and O–H groups in total. The monoisotopic (exact) mass is 434 g/mol. The first-order valence-corrected chi connectivity index (χ1v) is 10.1. The maximum absolute atomic E-state index is 6.35. The van der Waals surface area contributed by atoms with Crippen molar-refractivity contribution in [1.82, 2.24) is 14.9 Å². The fourth-order valence-electron chi connectivity index (χ4n) is 2.91. The van der Waals surface area contributed by atoms with Crippen LogP contribution in [0, 0.1) is 0 Å². The number of nitrogens with zero attached hydrogens (tertiary/aromatic N) is 4. The first-order valence-electron chi connectivity index (χ1n) is 8.40. The van der Waals surface area contributed by atoms with Gasteiger partial charge in [0.2, 0.25) is 5.16 Å². The Balaban J connectivity index is 1.67. The van der Waals surface area contributed by atoms with Gasteiger partial charge in [-0.15, -0.1) is 10.2 Å². The number of halogens is 2. The van der Waals surface area contributed by atoms with E-state index in [1.807, 2.05) is 30.3 Å². The third-order valence-corrected chi connectivity index (χ3v) is 5.77. The lowest BCUT2D eigenvalue weighted by Gasteiger charge is -2.15. The Hall–Kier alpha value is -2.22. The number of hydrogen-bond acceptors (Lipinski definition) is 6. The minimum Gasteiger partial charge on any atom is -0.493 e. The summed E-state index contributed by atoms with van der Waals surface area (Å²) in [6, 6.07) is 11.2. The smallest absolute Gasteiger partial charge is 0.212 e. The van der Waals surface area contributed by atoms with E-state index in [0.717, 1.165) is 27.8 Å². The van der Waals surface area contributed by atoms with E-state index in [9.17, 15) is 0 Å². The topological polar surface area (TPSA) is 61.5 Å². The van der Waals surface area contributed by atoms with Gasteiger partial charge in [-0.25, -0.2) is 0 Å². The lowest BCUT2D eigenvalue weighted by molar-refractivity contribution is 0.354. The molecule has 0 saturated carbocycles. The first-order chi connectivity index (χ1) is 13.6. The van der Waals surface area contributed by atoms with E-state index < -0.39 is 0 Å². The van der Waals surface area contributed by atoms with Crippen LogP contribution in [0.1, 0.15) is 17.0 Å². The van der Waals surface area contributed by atoms with Gasteiger partial charge in [0, 0.05) is 22.8 Å². The fourth-order valence-corrected chi connectivity index (χ4v) is 4.27. The minimum absolute atomic E-state index is 0.555. The molecule has 6 nitrogen and oxygen atoms in total. The number of aromatic nitrogens is 3. The highest BCUT2D eigenvalue weighted by molar-refractivity contribution is 7.99. The van der Waals surface area contributed by atoms with Gasteiger partial charge in [0.15, 0.2) is 17.3 Å². The molecule has 1 aliphatic rings. The molecule has 1 aromatic heterocycles. The summed E-state index contributed by atoms with van der Waals surface area (Å²) in [5.74, 6) is 2.75. The van der Waals surface area contributed by atoms with Crippen molar-refractivity contribution in [3.05, 3.63) is 63.4 Å². The molecule has 0 aliphatic carbocycles. The molecule has 9 heteroatoms. The van der Waals surface area contributed by atoms with Crippen molar-refractivity contribution in [1.29, 1.82) is 0 Å². The van der Waals surface area contributed by atoms with Crippen LogP contribution in [0.2, 0.25) is 10.0 Å². The summed E-state index contributed by atoms with van der Waals surface area (Å²) >= 11 is 13.9. The average Bonchev–Trinajstić information content (AvgIpc) is 3.10. The van der Waals surface area contributed by atoms with Gasteiger partial charge in [0.1, 0.15) is 0 Å². The van der Waals surface area contributed by atoms with Gasteiger partial charge in [0.05, 0.1) is 25.0 Å². The van der Waals surface area contributed by atoms with Gasteiger partial charge in [-0.2, -0.15) is 9.78 Å². The lowest BCUT2D eigenvalue weighted by Crippen LogP contribution is -2.15. The van der Waals surface area contributed by atoms with Crippen LogP contribution >= 0.6 is 35.0 Å². The standard InChI is InChI=1S/C19H16Cl2N4O2S/c1-26-16-6-3-11(7-17(16)27-2)8-18-22-23-19-25(18)24-15(10-28-19)13-5-4-12(20)9-14(13)21/h3-7,9H,8,10H2,1-2H3. The molecule has 2 aromatic carbocycles. The predicted octanol–water partition coefficient (Wildman–Crippen LogP) is 4.55. The van der Waals surface area contributed by atoms with Gasteiger partial charge in [-0.3, -0.25) is 0 Å². The zero-order chi connectivity index (χ0) is 19.7. The Labute approximate surface area is 176 Å². The molecular weight excluding hydrogens is 419 g/mol. The van der Waals surface area contributed by atoms with Crippen molar-refractivity contribution in [2.75, 3.05) is 20.0 Å². The maximum atomic E-state index is 6.35. The van der Waals surface area contributed by atoms with E-state index in [0.29, 0.717) is 33.7 Å². The Bertz CT molecular complexity index is 1070. The predicted molar refractivity (Wildman–Crippen MR) is 111 cm³/mol. The summed E-state index contributed by atoms with van der Waals surface area (Å²) in [7, 11) is 3.23. The molecule has 0 atom stereocenters. The zero-order valence-electron chi connectivity index (χ0n) is 15.1. The van der Waals surface area contributed by atoms with Crippen molar-refractivity contribution in [2.24, 2.45) is 5.10 Å². The van der Waals surface area contributed by atoms with Crippen molar-refractivity contribution >= 4 is 40.7 Å². The molecule has 3 aromatic rings. The zero-order valence-corrected chi connectivity index (χ0v) is 17.5. The molecule has 0 unspecified atom stereocenters. The van der Waals surface area contributed by atoms with Crippen LogP contribution in [-0.2, 0) is 6.42 Å². The number of thioether (sulfide) groups is 1. The Morgan fingerprint density at radius 2 is 1.86 bits per heavy atom. The van der Waals surface area contributed by atoms with Crippen LogP contribution in [0.15, 0.2) is 46.7 Å². The quantitative estimate of drug-likeness (QED) is 0.589. The molecule has 0 saturated heterocycles. The number of benzene rings is 2. The van der Waals surface area contributed by atoms with Gasteiger partial charge >= 0.3 is 0 Å². The fraction of sp³-hybridized carbons (Fsp3) is 0.211. The van der Waals surface area contributed by atoms with Crippen molar-refractivity contribution < 1.29 is 9.47 Å². The number of rotatable bonds is 5. The van der Waals surface area contributed by atoms with Crippen LogP contribution in [0.5, 0.6) is 11.5 Å². The van der Waals surface area contributed by atoms with Crippen LogP contribution < -0.4 is 9.47 Å². The second kappa shape index (κ2) is 8.03. The number of hydrogen-bond donors (Lipinski definition) is 0. The van der Waals surface area contributed by atoms with Crippen LogP contribution in [0.4, 0.5) is 0 Å². The van der Waals surface area contributed by atoms with E-state index in [1.54, 1.807) is 36.7 Å². The summed E-state index contributed by atoms with van der Waals surface area (Å²) < 4.78 is 12.4. The molecular formula is C19H16Cl2N4O2S. The van der Waals surface area contributed by atoms with E-state index in [-0.39, 0.29) is 0 Å². The Morgan fingerprint density at radius 3 is 2.61 bits per heavy atom. The van der Waals surface area contributed by atoms with Gasteiger partial charge in [-0.05, 0) is 29.8 Å². The van der Waals surface area contributed by atoms with E-state index in [2.05, 4.69) is 10.2 Å². The SMILES string of the molecule is COc1ccc(Cc2nnc3n2N=C(c2ccc(Cl)cc2Cl)CS3)cc1OC. The summed E-state index contributed by atoms with van der Waals surface area (Å²) in [5, 5.41) is 15.2. The van der Waals surface area contributed by atoms with Crippen molar-refractivity contribution in [2.45, 2.75) is 11.6 Å². The van der Waals surface area contributed by atoms with E-state index in [4.69, 9.17) is 37.8 Å². The molecule has 2 heterocycles. The molecule has 0 fully saturated rings. The third kappa shape index (κ3) is 3.70. The Morgan fingerprint density at radius 1 is 1.04 bits per heavy atom. The molecule has 0 radical (unpaired) electrons. The van der Waals surface area contributed by atoms with Gasteiger partial charge in [0.25, 0.3) is 0 Å². The lowest BCUT2D eigenvalue weighted by atomic mass is 10.1. The van der Waals surface area contributed by atoms with Gasteiger partial charge in [-0.1, -0.05) is 47.1 Å². The molecule has 28 heavy (non-hydrogen) atoms. The molecule has 144 valence electrons. The Kier molecular flexibility index (Phi) is 5.48. The minimum atomic E-state index is 0.555. The number of fused-ring (bicyclic) bond motifs is 1. The van der Waals surface area contributed by atoms with Crippen LogP contribution in [0.3, 0.4) is 0 Å². The van der Waals surface area contributed by atoms with Gasteiger partial charge < -0.3 is 9.47 Å². The normalized spacial score (nSPS) is 13.1. The second-order valence-corrected chi connectivity index (χ2v) is 7.82. The van der Waals surface area contributed by atoms with Crippen molar-refractivity contribution in [3.8, 4) is 11.5 Å². The van der Waals surface area contributed by atoms with Crippen molar-refractivity contribution in [3.63, 3.8) is 0 Å². The van der Waals surface area contributed by atoms with E-state index >= 15 is 0 Å². The molecule has 1 aliphatic heterocycles. The maximum Gasteiger partial charge on any atom is 0.212 e. The summed E-state index contributed by atoms with van der Waals surface area (Å²) in [5.41, 5.74) is 2.73. The highest BCUT2D eigenvalue weighted by Crippen LogP contribution is 2.31. The number of ether oxygens (including phenoxy) is 2. The molecule has 0 bridgehead atoms. The first kappa shape index (κ1) is 19.1. The highest BCUT2D eigenvalue weighted by Gasteiger charge is 2.21. The molecule has 0 amide bonds. The average molecular weight is 435 g/mol. The van der Waals surface area contributed by atoms with Crippen LogP contribution in [0.25, 0.3) is 0 Å². The number of methoxy groups -OCH3 is 2. The largest absolute Gasteiger partial charge is 0.493 e. The highest BCUT2D eigenvalue weighted by atomic mass is 35.5. The summed E-state index contributed by atoms with van der Waals surface area (Å²) in [6.45, 7) is 0. The van der Waals surface area contributed by atoms with E-state index in [1.165, 1.54) is 0 Å². The molecule has 4 rings (SSSR count). The summed E-state index contributed by atoms with van der Waals surface area (Å²) in [6.07, 6.45) is 0.555. The molecule has 0 spiro atoms.